The molecule has 4 rings (SSSR count). The molecule has 13 heteroatoms. The fraction of sp³-hybridized carbons (Fsp3) is 0.360. The average Bonchev–Trinajstić information content (AvgIpc) is 2.91. The number of hydrogen-bond donors (Lipinski definition) is 4. The third-order valence-corrected chi connectivity index (χ3v) is 6.32. The van der Waals surface area contributed by atoms with Crippen LogP contribution in [0.4, 0.5) is 25.1 Å². The average molecular weight is 530 g/mol. The van der Waals surface area contributed by atoms with Gasteiger partial charge in [-0.25, -0.2) is 4.79 Å². The summed E-state index contributed by atoms with van der Waals surface area (Å²) >= 11 is 0. The number of anilines is 2. The van der Waals surface area contributed by atoms with Gasteiger partial charge < -0.3 is 21.1 Å². The summed E-state index contributed by atoms with van der Waals surface area (Å²) in [4.78, 5) is 40.8. The Morgan fingerprint density at radius 1 is 1.05 bits per heavy atom. The van der Waals surface area contributed by atoms with Crippen LogP contribution in [0, 0.1) is 5.92 Å². The van der Waals surface area contributed by atoms with Crippen molar-refractivity contribution in [3.63, 3.8) is 0 Å². The smallest absolute Gasteiger partial charge is 0.416 e. The number of carboxylic acid groups (broad SMARTS) is 1. The van der Waals surface area contributed by atoms with Crippen molar-refractivity contribution in [3.8, 4) is 11.4 Å². The van der Waals surface area contributed by atoms with E-state index in [0.29, 0.717) is 49.0 Å². The number of rotatable bonds is 8. The molecular formula is C25H26F3N7O3. The number of pyridine rings is 1. The molecule has 0 radical (unpaired) electrons. The number of aromatic carboxylic acids is 1. The number of nitrogens with one attached hydrogen (secondary N) is 3. The predicted molar refractivity (Wildman–Crippen MR) is 132 cm³/mol. The molecule has 4 N–H and O–H groups in total. The van der Waals surface area contributed by atoms with Crippen LogP contribution in [0.3, 0.4) is 0 Å². The quantitative estimate of drug-likeness (QED) is 0.341. The van der Waals surface area contributed by atoms with Crippen molar-refractivity contribution in [3.05, 3.63) is 59.4 Å². The van der Waals surface area contributed by atoms with Gasteiger partial charge in [0.25, 0.3) is 0 Å². The van der Waals surface area contributed by atoms with Crippen LogP contribution in [0.25, 0.3) is 11.4 Å². The lowest BCUT2D eigenvalue weighted by atomic mass is 9.85. The van der Waals surface area contributed by atoms with Gasteiger partial charge in [0.05, 0.1) is 11.1 Å². The van der Waals surface area contributed by atoms with E-state index in [1.54, 1.807) is 19.2 Å². The predicted octanol–water partition coefficient (Wildman–Crippen LogP) is 3.98. The zero-order valence-corrected chi connectivity index (χ0v) is 20.4. The molecule has 1 fully saturated rings. The van der Waals surface area contributed by atoms with Crippen molar-refractivity contribution in [2.24, 2.45) is 5.92 Å². The monoisotopic (exact) mass is 529 g/mol. The lowest BCUT2D eigenvalue weighted by Gasteiger charge is -2.28. The summed E-state index contributed by atoms with van der Waals surface area (Å²) in [5, 5.41) is 18.0. The van der Waals surface area contributed by atoms with Gasteiger partial charge in [0.1, 0.15) is 0 Å². The Morgan fingerprint density at radius 3 is 2.47 bits per heavy atom. The molecule has 3 aromatic rings. The standard InChI is InChI=1S/C25H26F3N7O3/c1-29-23-33-20(15-3-2-4-16(11-15)22(37)38)34-24(35-23)32-18-7-5-14(6-8-18)21(36)31-13-17-12-30-10-9-19(17)25(26,27)28/h2-4,9-12,14,18H,5-8,13H2,1H3,(H,31,36)(H,37,38)(H2,29,32,33,34,35). The second-order valence-corrected chi connectivity index (χ2v) is 8.88. The molecule has 1 aliphatic carbocycles. The highest BCUT2D eigenvalue weighted by molar-refractivity contribution is 5.89. The summed E-state index contributed by atoms with van der Waals surface area (Å²) in [5.41, 5.74) is -0.260. The van der Waals surface area contributed by atoms with Crippen LogP contribution in [0.2, 0.25) is 0 Å². The number of alkyl halides is 3. The first-order chi connectivity index (χ1) is 18.1. The molecule has 1 aliphatic rings. The fourth-order valence-corrected chi connectivity index (χ4v) is 4.33. The van der Waals surface area contributed by atoms with Crippen molar-refractivity contribution in [2.75, 3.05) is 17.7 Å². The van der Waals surface area contributed by atoms with Crippen LogP contribution < -0.4 is 16.0 Å². The first-order valence-electron chi connectivity index (χ1n) is 12.0. The zero-order chi connectivity index (χ0) is 27.3. The molecule has 200 valence electrons. The second-order valence-electron chi connectivity index (χ2n) is 8.88. The topological polar surface area (TPSA) is 142 Å². The van der Waals surface area contributed by atoms with Crippen molar-refractivity contribution in [1.29, 1.82) is 0 Å². The fourth-order valence-electron chi connectivity index (χ4n) is 4.33. The van der Waals surface area contributed by atoms with E-state index in [2.05, 4.69) is 35.9 Å². The van der Waals surface area contributed by atoms with E-state index in [1.165, 1.54) is 12.1 Å². The number of halogens is 3. The number of amides is 1. The van der Waals surface area contributed by atoms with E-state index in [1.807, 2.05) is 0 Å². The van der Waals surface area contributed by atoms with Gasteiger partial charge >= 0.3 is 12.1 Å². The minimum absolute atomic E-state index is 0.0282. The Morgan fingerprint density at radius 2 is 1.79 bits per heavy atom. The molecule has 0 saturated heterocycles. The van der Waals surface area contributed by atoms with E-state index >= 15 is 0 Å². The Bertz CT molecular complexity index is 1310. The zero-order valence-electron chi connectivity index (χ0n) is 20.4. The first kappa shape index (κ1) is 26.8. The summed E-state index contributed by atoms with van der Waals surface area (Å²) in [7, 11) is 1.66. The Hall–Kier alpha value is -4.29. The summed E-state index contributed by atoms with van der Waals surface area (Å²) in [6.45, 7) is -0.247. The minimum atomic E-state index is -4.52. The largest absolute Gasteiger partial charge is 0.478 e. The lowest BCUT2D eigenvalue weighted by molar-refractivity contribution is -0.138. The maximum absolute atomic E-state index is 13.2. The van der Waals surface area contributed by atoms with Crippen molar-refractivity contribution < 1.29 is 27.9 Å². The minimum Gasteiger partial charge on any atom is -0.478 e. The molecule has 0 aliphatic heterocycles. The summed E-state index contributed by atoms with van der Waals surface area (Å²) in [5.74, 6) is -0.755. The molecular weight excluding hydrogens is 503 g/mol. The highest BCUT2D eigenvalue weighted by Crippen LogP contribution is 2.32. The van der Waals surface area contributed by atoms with Crippen molar-refractivity contribution in [2.45, 2.75) is 44.4 Å². The van der Waals surface area contributed by atoms with E-state index in [0.717, 1.165) is 18.5 Å². The van der Waals surface area contributed by atoms with Gasteiger partial charge in [-0.3, -0.25) is 9.78 Å². The normalized spacial score (nSPS) is 17.5. The highest BCUT2D eigenvalue weighted by Gasteiger charge is 2.33. The van der Waals surface area contributed by atoms with Gasteiger partial charge in [-0.05, 0) is 43.9 Å². The summed E-state index contributed by atoms with van der Waals surface area (Å²) in [6.07, 6.45) is 0.00922. The van der Waals surface area contributed by atoms with E-state index < -0.39 is 17.7 Å². The van der Waals surface area contributed by atoms with Crippen LogP contribution in [-0.4, -0.2) is 50.0 Å². The van der Waals surface area contributed by atoms with Crippen LogP contribution >= 0.6 is 0 Å². The maximum atomic E-state index is 13.2. The second kappa shape index (κ2) is 11.4. The summed E-state index contributed by atoms with van der Waals surface area (Å²) < 4.78 is 39.5. The van der Waals surface area contributed by atoms with Gasteiger partial charge in [0.2, 0.25) is 17.8 Å². The van der Waals surface area contributed by atoms with Crippen molar-refractivity contribution >= 4 is 23.8 Å². The number of hydrogen-bond acceptors (Lipinski definition) is 8. The van der Waals surface area contributed by atoms with Gasteiger partial charge in [-0.1, -0.05) is 12.1 Å². The number of carboxylic acids is 1. The lowest BCUT2D eigenvalue weighted by Crippen LogP contribution is -2.36. The molecule has 0 unspecified atom stereocenters. The SMILES string of the molecule is CNc1nc(NC2CCC(C(=O)NCc3cnccc3C(F)(F)F)CC2)nc(-c2cccc(C(=O)O)c2)n1. The van der Waals surface area contributed by atoms with Crippen LogP contribution in [0.15, 0.2) is 42.7 Å². The van der Waals surface area contributed by atoms with E-state index in [9.17, 15) is 27.9 Å². The summed E-state index contributed by atoms with van der Waals surface area (Å²) in [6, 6.07) is 7.14. The van der Waals surface area contributed by atoms with Crippen LogP contribution in [-0.2, 0) is 17.5 Å². The van der Waals surface area contributed by atoms with Crippen molar-refractivity contribution in [1.82, 2.24) is 25.3 Å². The Balaban J connectivity index is 1.36. The number of carbonyl (C=O) groups is 2. The number of aromatic nitrogens is 4. The van der Waals surface area contributed by atoms with E-state index in [-0.39, 0.29) is 35.5 Å². The maximum Gasteiger partial charge on any atom is 0.416 e. The third-order valence-electron chi connectivity index (χ3n) is 6.32. The first-order valence-corrected chi connectivity index (χ1v) is 12.0. The molecule has 1 saturated carbocycles. The van der Waals surface area contributed by atoms with Gasteiger partial charge in [-0.15, -0.1) is 0 Å². The molecule has 10 nitrogen and oxygen atoms in total. The third kappa shape index (κ3) is 6.52. The molecule has 1 aromatic carbocycles. The Kier molecular flexibility index (Phi) is 8.03. The van der Waals surface area contributed by atoms with E-state index in [4.69, 9.17) is 0 Å². The Labute approximate surface area is 216 Å². The molecule has 1 amide bonds. The van der Waals surface area contributed by atoms with Gasteiger partial charge in [-0.2, -0.15) is 28.1 Å². The highest BCUT2D eigenvalue weighted by atomic mass is 19.4. The molecule has 0 spiro atoms. The van der Waals surface area contributed by atoms with Crippen LogP contribution in [0.1, 0.15) is 47.2 Å². The number of nitrogens with zero attached hydrogens (tertiary/aromatic N) is 4. The molecule has 2 heterocycles. The number of benzene rings is 1. The molecule has 38 heavy (non-hydrogen) atoms. The molecule has 0 bridgehead atoms. The molecule has 0 atom stereocenters. The van der Waals surface area contributed by atoms with Gasteiger partial charge in [0.15, 0.2) is 5.82 Å². The van der Waals surface area contributed by atoms with Gasteiger partial charge in [0, 0.05) is 49.1 Å². The molecule has 2 aromatic heterocycles. The van der Waals surface area contributed by atoms with Crippen LogP contribution in [0.5, 0.6) is 0 Å². The number of carbonyl (C=O) groups excluding carboxylic acids is 1.